The Morgan fingerprint density at radius 2 is 1.68 bits per heavy atom. The Hall–Kier alpha value is -2.69. The van der Waals surface area contributed by atoms with Crippen molar-refractivity contribution in [2.75, 3.05) is 6.54 Å². The largest absolute Gasteiger partial charge is 0.481 e. The third kappa shape index (κ3) is 5.01. The van der Waals surface area contributed by atoms with Crippen LogP contribution < -0.4 is 5.32 Å². The van der Waals surface area contributed by atoms with Gasteiger partial charge >= 0.3 is 5.97 Å². The number of carboxylic acid groups (broad SMARTS) is 1. The minimum Gasteiger partial charge on any atom is -0.481 e. The molecule has 0 saturated heterocycles. The fraction of sp³-hybridized carbons (Fsp3) is 0.235. The lowest BCUT2D eigenvalue weighted by Crippen LogP contribution is -2.26. The summed E-state index contributed by atoms with van der Waals surface area (Å²) in [7, 11) is 0. The number of aryl methyl sites for hydroxylation is 1. The summed E-state index contributed by atoms with van der Waals surface area (Å²) in [4.78, 5) is 26.3. The lowest BCUT2D eigenvalue weighted by atomic mass is 10.1. The van der Waals surface area contributed by atoms with Gasteiger partial charge in [-0.15, -0.1) is 0 Å². The van der Waals surface area contributed by atoms with Crippen LogP contribution in [-0.2, 0) is 17.6 Å². The molecule has 0 radical (unpaired) electrons. The maximum atomic E-state index is 11.8. The maximum Gasteiger partial charge on any atom is 0.303 e. The quantitative estimate of drug-likeness (QED) is 0.820. The van der Waals surface area contributed by atoms with Crippen LogP contribution in [-0.4, -0.2) is 28.5 Å². The molecule has 1 heterocycles. The smallest absolute Gasteiger partial charge is 0.303 e. The van der Waals surface area contributed by atoms with E-state index in [1.54, 1.807) is 24.4 Å². The summed E-state index contributed by atoms with van der Waals surface area (Å²) in [5, 5.41) is 11.5. The molecule has 2 rings (SSSR count). The molecular weight excluding hydrogens is 280 g/mol. The Morgan fingerprint density at radius 1 is 1.00 bits per heavy atom. The Kier molecular flexibility index (Phi) is 5.65. The zero-order valence-corrected chi connectivity index (χ0v) is 12.2. The molecule has 0 aliphatic rings. The first-order chi connectivity index (χ1) is 10.6. The molecule has 0 atom stereocenters. The molecular formula is C17H18N2O3. The Bertz CT molecular complexity index is 624. The Labute approximate surface area is 129 Å². The number of carboxylic acids is 1. The normalized spacial score (nSPS) is 10.2. The Balaban J connectivity index is 1.77. The monoisotopic (exact) mass is 298 g/mol. The van der Waals surface area contributed by atoms with Crippen molar-refractivity contribution < 1.29 is 14.7 Å². The van der Waals surface area contributed by atoms with Gasteiger partial charge in [-0.05, 0) is 36.1 Å². The van der Waals surface area contributed by atoms with E-state index in [1.165, 1.54) is 0 Å². The second-order valence-corrected chi connectivity index (χ2v) is 4.93. The number of aliphatic carboxylic acids is 1. The van der Waals surface area contributed by atoms with Crippen LogP contribution in [0.3, 0.4) is 0 Å². The van der Waals surface area contributed by atoms with Crippen molar-refractivity contribution in [1.82, 2.24) is 10.3 Å². The van der Waals surface area contributed by atoms with Crippen molar-refractivity contribution in [2.45, 2.75) is 19.3 Å². The lowest BCUT2D eigenvalue weighted by molar-refractivity contribution is -0.136. The number of nitrogens with one attached hydrogen (secondary N) is 1. The van der Waals surface area contributed by atoms with Crippen molar-refractivity contribution in [1.29, 1.82) is 0 Å². The van der Waals surface area contributed by atoms with Gasteiger partial charge in [0.05, 0.1) is 0 Å². The molecule has 0 unspecified atom stereocenters. The molecule has 0 bridgehead atoms. The molecule has 114 valence electrons. The van der Waals surface area contributed by atoms with Gasteiger partial charge in [0.15, 0.2) is 0 Å². The van der Waals surface area contributed by atoms with Gasteiger partial charge in [0, 0.05) is 19.2 Å². The highest BCUT2D eigenvalue weighted by atomic mass is 16.4. The van der Waals surface area contributed by atoms with Crippen LogP contribution in [0.25, 0.3) is 0 Å². The first-order valence-electron chi connectivity index (χ1n) is 7.14. The molecule has 0 saturated carbocycles. The van der Waals surface area contributed by atoms with Gasteiger partial charge in [0.25, 0.3) is 5.91 Å². The maximum absolute atomic E-state index is 11.8. The van der Waals surface area contributed by atoms with E-state index < -0.39 is 5.97 Å². The number of carbonyl (C=O) groups excluding carboxylic acids is 1. The average molecular weight is 298 g/mol. The molecule has 5 heteroatoms. The fourth-order valence-corrected chi connectivity index (χ4v) is 2.03. The summed E-state index contributed by atoms with van der Waals surface area (Å²) in [5.74, 6) is -0.972. The van der Waals surface area contributed by atoms with Crippen molar-refractivity contribution in [3.63, 3.8) is 0 Å². The predicted octanol–water partition coefficient (Wildman–Crippen LogP) is 2.07. The number of carbonyl (C=O) groups is 2. The highest BCUT2D eigenvalue weighted by Crippen LogP contribution is 2.07. The molecule has 0 fully saturated rings. The van der Waals surface area contributed by atoms with E-state index in [-0.39, 0.29) is 12.3 Å². The molecule has 1 amide bonds. The van der Waals surface area contributed by atoms with E-state index in [2.05, 4.69) is 10.3 Å². The van der Waals surface area contributed by atoms with Crippen LogP contribution in [0.5, 0.6) is 0 Å². The number of nitrogens with zero attached hydrogens (tertiary/aromatic N) is 1. The molecule has 2 aromatic rings. The highest BCUT2D eigenvalue weighted by Gasteiger charge is 2.05. The first kappa shape index (κ1) is 15.7. The number of aromatic nitrogens is 1. The standard InChI is InChI=1S/C17H18N2O3/c20-16(21)9-8-13-4-6-14(7-5-13)10-12-19-17(22)15-3-1-2-11-18-15/h1-7,11H,8-10,12H2,(H,19,22)(H,20,21). The predicted molar refractivity (Wildman–Crippen MR) is 82.7 cm³/mol. The summed E-state index contributed by atoms with van der Waals surface area (Å²) in [6.07, 6.45) is 2.98. The summed E-state index contributed by atoms with van der Waals surface area (Å²) < 4.78 is 0. The number of benzene rings is 1. The molecule has 0 aliphatic carbocycles. The Morgan fingerprint density at radius 3 is 2.27 bits per heavy atom. The van der Waals surface area contributed by atoms with Gasteiger partial charge in [0.2, 0.25) is 0 Å². The summed E-state index contributed by atoms with van der Waals surface area (Å²) in [6, 6.07) is 13.0. The number of pyridine rings is 1. The fourth-order valence-electron chi connectivity index (χ4n) is 2.03. The molecule has 1 aromatic carbocycles. The molecule has 0 spiro atoms. The zero-order chi connectivity index (χ0) is 15.8. The molecule has 22 heavy (non-hydrogen) atoms. The van der Waals surface area contributed by atoms with Crippen molar-refractivity contribution in [3.05, 3.63) is 65.5 Å². The van der Waals surface area contributed by atoms with Crippen LogP contribution in [0.1, 0.15) is 28.0 Å². The third-order valence-electron chi connectivity index (χ3n) is 3.25. The SMILES string of the molecule is O=C(O)CCc1ccc(CCNC(=O)c2ccccn2)cc1. The number of hydrogen-bond donors (Lipinski definition) is 2. The van der Waals surface area contributed by atoms with E-state index >= 15 is 0 Å². The molecule has 5 nitrogen and oxygen atoms in total. The minimum absolute atomic E-state index is 0.138. The van der Waals surface area contributed by atoms with Crippen LogP contribution in [0.15, 0.2) is 48.7 Å². The number of hydrogen-bond acceptors (Lipinski definition) is 3. The van der Waals surface area contributed by atoms with Gasteiger partial charge < -0.3 is 10.4 Å². The van der Waals surface area contributed by atoms with E-state index in [1.807, 2.05) is 24.3 Å². The van der Waals surface area contributed by atoms with Gasteiger partial charge in [-0.1, -0.05) is 30.3 Å². The van der Waals surface area contributed by atoms with Gasteiger partial charge in [-0.25, -0.2) is 0 Å². The second-order valence-electron chi connectivity index (χ2n) is 4.93. The van der Waals surface area contributed by atoms with E-state index in [4.69, 9.17) is 5.11 Å². The summed E-state index contributed by atoms with van der Waals surface area (Å²) >= 11 is 0. The van der Waals surface area contributed by atoms with Gasteiger partial charge in [0.1, 0.15) is 5.69 Å². The van der Waals surface area contributed by atoms with E-state index in [0.29, 0.717) is 18.7 Å². The van der Waals surface area contributed by atoms with Crippen molar-refractivity contribution in [3.8, 4) is 0 Å². The highest BCUT2D eigenvalue weighted by molar-refractivity contribution is 5.92. The second kappa shape index (κ2) is 7.93. The van der Waals surface area contributed by atoms with Crippen LogP contribution >= 0.6 is 0 Å². The van der Waals surface area contributed by atoms with Crippen LogP contribution in [0.2, 0.25) is 0 Å². The van der Waals surface area contributed by atoms with Crippen molar-refractivity contribution >= 4 is 11.9 Å². The van der Waals surface area contributed by atoms with Crippen LogP contribution in [0.4, 0.5) is 0 Å². The number of amides is 1. The zero-order valence-electron chi connectivity index (χ0n) is 12.2. The number of rotatable bonds is 7. The summed E-state index contributed by atoms with van der Waals surface area (Å²) in [5.41, 5.74) is 2.51. The van der Waals surface area contributed by atoms with E-state index in [9.17, 15) is 9.59 Å². The first-order valence-corrected chi connectivity index (χ1v) is 7.14. The van der Waals surface area contributed by atoms with Crippen LogP contribution in [0, 0.1) is 0 Å². The molecule has 0 aliphatic heterocycles. The molecule has 2 N–H and O–H groups in total. The van der Waals surface area contributed by atoms with Gasteiger partial charge in [-0.3, -0.25) is 14.6 Å². The third-order valence-corrected chi connectivity index (χ3v) is 3.25. The van der Waals surface area contributed by atoms with Crippen molar-refractivity contribution in [2.24, 2.45) is 0 Å². The lowest BCUT2D eigenvalue weighted by Gasteiger charge is -2.06. The minimum atomic E-state index is -0.790. The molecule has 1 aromatic heterocycles. The summed E-state index contributed by atoms with van der Waals surface area (Å²) in [6.45, 7) is 0.532. The van der Waals surface area contributed by atoms with Gasteiger partial charge in [-0.2, -0.15) is 0 Å². The van der Waals surface area contributed by atoms with E-state index in [0.717, 1.165) is 17.5 Å². The average Bonchev–Trinajstić information content (AvgIpc) is 2.55. The topological polar surface area (TPSA) is 79.3 Å².